The first-order valence-corrected chi connectivity index (χ1v) is 5.60. The van der Waals surface area contributed by atoms with Crippen molar-refractivity contribution in [3.63, 3.8) is 0 Å². The van der Waals surface area contributed by atoms with Crippen molar-refractivity contribution >= 4 is 17.5 Å². The fourth-order valence-corrected chi connectivity index (χ4v) is 1.27. The van der Waals surface area contributed by atoms with Crippen molar-refractivity contribution < 1.29 is 14.3 Å². The number of rotatable bonds is 6. The van der Waals surface area contributed by atoms with E-state index < -0.39 is 5.91 Å². The zero-order chi connectivity index (χ0) is 13.5. The molecule has 0 fully saturated rings. The lowest BCUT2D eigenvalue weighted by molar-refractivity contribution is -0.121. The van der Waals surface area contributed by atoms with Crippen LogP contribution in [0.2, 0.25) is 0 Å². The Morgan fingerprint density at radius 2 is 2.00 bits per heavy atom. The average molecular weight is 249 g/mol. The zero-order valence-corrected chi connectivity index (χ0v) is 10.5. The standard InChI is InChI=1S/C13H17N2O3/c1-9(13(14)17)3-8-12(16)15-10-4-6-11(18-2)7-5-10/h4-9H,3H2,1-2H3,(H2,14,17)(H,15,16)/t9-/m0/s1. The molecule has 0 saturated heterocycles. The third-order valence-electron chi connectivity index (χ3n) is 2.50. The molecule has 0 saturated carbocycles. The number of methoxy groups -OCH3 is 1. The molecule has 0 heterocycles. The molecule has 1 radical (unpaired) electrons. The van der Waals surface area contributed by atoms with Crippen molar-refractivity contribution in [3.8, 4) is 5.75 Å². The van der Waals surface area contributed by atoms with Crippen LogP contribution < -0.4 is 15.8 Å². The van der Waals surface area contributed by atoms with Gasteiger partial charge >= 0.3 is 0 Å². The van der Waals surface area contributed by atoms with E-state index in [2.05, 4.69) is 5.32 Å². The second-order valence-electron chi connectivity index (χ2n) is 3.96. The van der Waals surface area contributed by atoms with E-state index >= 15 is 0 Å². The highest BCUT2D eigenvalue weighted by atomic mass is 16.5. The van der Waals surface area contributed by atoms with Crippen LogP contribution in [-0.4, -0.2) is 18.9 Å². The molecule has 0 spiro atoms. The van der Waals surface area contributed by atoms with Gasteiger partial charge in [0.1, 0.15) is 5.75 Å². The summed E-state index contributed by atoms with van der Waals surface area (Å²) in [6.07, 6.45) is 1.75. The Hall–Kier alpha value is -2.04. The maximum atomic E-state index is 11.5. The Morgan fingerprint density at radius 1 is 1.39 bits per heavy atom. The van der Waals surface area contributed by atoms with Crippen LogP contribution in [0.3, 0.4) is 0 Å². The molecule has 1 aromatic rings. The Kier molecular flexibility index (Phi) is 5.17. The highest BCUT2D eigenvalue weighted by Crippen LogP contribution is 2.15. The smallest absolute Gasteiger partial charge is 0.228 e. The van der Waals surface area contributed by atoms with E-state index in [0.29, 0.717) is 12.1 Å². The molecule has 1 aromatic carbocycles. The topological polar surface area (TPSA) is 81.4 Å². The molecule has 2 amide bonds. The third-order valence-corrected chi connectivity index (χ3v) is 2.50. The molecular formula is C13H17N2O3. The molecule has 5 nitrogen and oxygen atoms in total. The van der Waals surface area contributed by atoms with Crippen LogP contribution >= 0.6 is 0 Å². The van der Waals surface area contributed by atoms with E-state index in [9.17, 15) is 9.59 Å². The predicted molar refractivity (Wildman–Crippen MR) is 68.9 cm³/mol. The second-order valence-corrected chi connectivity index (χ2v) is 3.96. The van der Waals surface area contributed by atoms with Crippen LogP contribution in [0, 0.1) is 12.3 Å². The van der Waals surface area contributed by atoms with Gasteiger partial charge in [0.25, 0.3) is 0 Å². The lowest BCUT2D eigenvalue weighted by Gasteiger charge is -2.08. The molecule has 5 heteroatoms. The molecular weight excluding hydrogens is 232 g/mol. The molecule has 0 aliphatic heterocycles. The van der Waals surface area contributed by atoms with Gasteiger partial charge in [-0.1, -0.05) is 6.92 Å². The van der Waals surface area contributed by atoms with Gasteiger partial charge in [0.2, 0.25) is 11.8 Å². The highest BCUT2D eigenvalue weighted by Gasteiger charge is 2.11. The van der Waals surface area contributed by atoms with Gasteiger partial charge in [-0.15, -0.1) is 0 Å². The number of amides is 2. The first kappa shape index (κ1) is 14.0. The molecule has 1 atom stereocenters. The third kappa shape index (κ3) is 4.45. The summed E-state index contributed by atoms with van der Waals surface area (Å²) in [5.74, 6) is -0.289. The number of nitrogens with two attached hydrogens (primary N) is 1. The lowest BCUT2D eigenvalue weighted by atomic mass is 10.1. The molecule has 0 bridgehead atoms. The molecule has 0 aromatic heterocycles. The largest absolute Gasteiger partial charge is 0.497 e. The van der Waals surface area contributed by atoms with Gasteiger partial charge in [-0.2, -0.15) is 0 Å². The number of nitrogens with one attached hydrogen (secondary N) is 1. The fraction of sp³-hybridized carbons (Fsp3) is 0.308. The number of benzene rings is 1. The Morgan fingerprint density at radius 3 is 2.50 bits per heavy atom. The molecule has 18 heavy (non-hydrogen) atoms. The van der Waals surface area contributed by atoms with Crippen molar-refractivity contribution in [1.29, 1.82) is 0 Å². The van der Waals surface area contributed by atoms with E-state index in [0.717, 1.165) is 5.75 Å². The van der Waals surface area contributed by atoms with Crippen LogP contribution in [0.1, 0.15) is 13.3 Å². The summed E-state index contributed by atoms with van der Waals surface area (Å²) in [6.45, 7) is 1.68. The van der Waals surface area contributed by atoms with Crippen molar-refractivity contribution in [2.24, 2.45) is 11.7 Å². The van der Waals surface area contributed by atoms with Crippen LogP contribution in [0.15, 0.2) is 24.3 Å². The maximum absolute atomic E-state index is 11.5. The molecule has 0 unspecified atom stereocenters. The van der Waals surface area contributed by atoms with E-state index in [-0.39, 0.29) is 11.8 Å². The Labute approximate surface area is 106 Å². The average Bonchev–Trinajstić information content (AvgIpc) is 2.36. The van der Waals surface area contributed by atoms with E-state index in [1.807, 2.05) is 0 Å². The SMILES string of the molecule is COc1ccc(NC(=O)[CH]C[C@H](C)C(N)=O)cc1. The molecule has 1 rings (SSSR count). The predicted octanol–water partition coefficient (Wildman–Crippen LogP) is 1.35. The minimum Gasteiger partial charge on any atom is -0.497 e. The van der Waals surface area contributed by atoms with Gasteiger partial charge in [0, 0.05) is 11.6 Å². The number of hydrogen-bond donors (Lipinski definition) is 2. The number of carbonyl (C=O) groups is 2. The monoisotopic (exact) mass is 249 g/mol. The summed E-state index contributed by atoms with van der Waals surface area (Å²) in [4.78, 5) is 22.3. The molecule has 0 aliphatic rings. The number of ether oxygens (including phenoxy) is 1. The number of carbonyl (C=O) groups excluding carboxylic acids is 2. The highest BCUT2D eigenvalue weighted by molar-refractivity contribution is 5.97. The van der Waals surface area contributed by atoms with E-state index in [4.69, 9.17) is 10.5 Å². The fourth-order valence-electron chi connectivity index (χ4n) is 1.27. The van der Waals surface area contributed by atoms with Gasteiger partial charge in [0.15, 0.2) is 0 Å². The van der Waals surface area contributed by atoms with Crippen LogP contribution in [0.4, 0.5) is 5.69 Å². The summed E-state index contributed by atoms with van der Waals surface area (Å²) in [7, 11) is 1.58. The first-order chi connectivity index (χ1) is 8.52. The van der Waals surface area contributed by atoms with Crippen molar-refractivity contribution in [2.45, 2.75) is 13.3 Å². The molecule has 97 valence electrons. The number of anilines is 1. The summed E-state index contributed by atoms with van der Waals surface area (Å²) in [5.41, 5.74) is 5.77. The normalized spacial score (nSPS) is 11.7. The van der Waals surface area contributed by atoms with Gasteiger partial charge in [-0.3, -0.25) is 9.59 Å². The summed E-state index contributed by atoms with van der Waals surface area (Å²) in [5, 5.41) is 2.69. The quantitative estimate of drug-likeness (QED) is 0.798. The minimum atomic E-state index is -0.413. The van der Waals surface area contributed by atoms with Crippen LogP contribution in [-0.2, 0) is 9.59 Å². The van der Waals surface area contributed by atoms with Gasteiger partial charge in [-0.05, 0) is 30.7 Å². The number of primary amides is 1. The summed E-state index contributed by atoms with van der Waals surface area (Å²) >= 11 is 0. The van der Waals surface area contributed by atoms with Gasteiger partial charge < -0.3 is 15.8 Å². The number of hydrogen-bond acceptors (Lipinski definition) is 3. The van der Waals surface area contributed by atoms with E-state index in [1.165, 1.54) is 6.42 Å². The van der Waals surface area contributed by atoms with Crippen molar-refractivity contribution in [1.82, 2.24) is 0 Å². The Balaban J connectivity index is 2.42. The van der Waals surface area contributed by atoms with Crippen molar-refractivity contribution in [2.75, 3.05) is 12.4 Å². The van der Waals surface area contributed by atoms with Crippen LogP contribution in [0.5, 0.6) is 5.75 Å². The Bertz CT molecular complexity index is 415. The minimum absolute atomic E-state index is 0.256. The summed E-state index contributed by atoms with van der Waals surface area (Å²) in [6, 6.07) is 6.98. The summed E-state index contributed by atoms with van der Waals surface area (Å²) < 4.78 is 5.01. The molecule has 3 N–H and O–H groups in total. The van der Waals surface area contributed by atoms with Gasteiger partial charge in [0.05, 0.1) is 13.5 Å². The maximum Gasteiger partial charge on any atom is 0.228 e. The zero-order valence-electron chi connectivity index (χ0n) is 10.5. The second kappa shape index (κ2) is 6.64. The first-order valence-electron chi connectivity index (χ1n) is 5.60. The van der Waals surface area contributed by atoms with Crippen LogP contribution in [0.25, 0.3) is 0 Å². The lowest BCUT2D eigenvalue weighted by Crippen LogP contribution is -2.22. The van der Waals surface area contributed by atoms with Gasteiger partial charge in [-0.25, -0.2) is 0 Å². The molecule has 0 aliphatic carbocycles. The van der Waals surface area contributed by atoms with Crippen molar-refractivity contribution in [3.05, 3.63) is 30.7 Å². The van der Waals surface area contributed by atoms with E-state index in [1.54, 1.807) is 38.3 Å².